The molecule has 1 N–H and O–H groups in total. The minimum atomic E-state index is -0.787. The van der Waals surface area contributed by atoms with Crippen LogP contribution in [0.3, 0.4) is 0 Å². The molecule has 1 aromatic rings. The maximum Gasteiger partial charge on any atom is 0.326 e. The minimum absolute atomic E-state index is 0.473. The van der Waals surface area contributed by atoms with Crippen molar-refractivity contribution in [1.82, 2.24) is 0 Å². The van der Waals surface area contributed by atoms with Crippen LogP contribution in [0.2, 0.25) is 0 Å². The molecule has 2 rings (SSSR count). The highest BCUT2D eigenvalue weighted by Gasteiger charge is 2.32. The summed E-state index contributed by atoms with van der Waals surface area (Å²) in [6.45, 7) is 6.52. The number of carboxylic acid groups (broad SMARTS) is 1. The molecule has 0 spiro atoms. The smallest absolute Gasteiger partial charge is 0.326 e. The van der Waals surface area contributed by atoms with E-state index in [1.165, 1.54) is 0 Å². The number of rotatable bonds is 3. The fourth-order valence-corrected chi connectivity index (χ4v) is 3.10. The van der Waals surface area contributed by atoms with Crippen LogP contribution in [-0.2, 0) is 4.79 Å². The average molecular weight is 261 g/mol. The summed E-state index contributed by atoms with van der Waals surface area (Å²) in [5, 5.41) is 9.30. The monoisotopic (exact) mass is 261 g/mol. The van der Waals surface area contributed by atoms with Crippen LogP contribution < -0.4 is 4.90 Å². The van der Waals surface area contributed by atoms with E-state index in [1.54, 1.807) is 0 Å². The van der Waals surface area contributed by atoms with Crippen LogP contribution in [0.25, 0.3) is 0 Å². The zero-order valence-corrected chi connectivity index (χ0v) is 11.6. The maximum absolute atomic E-state index is 11.3. The molecule has 0 unspecified atom stereocenters. The highest BCUT2D eigenvalue weighted by molar-refractivity contribution is 5.86. The lowest BCUT2D eigenvalue weighted by molar-refractivity contribution is -0.138. The number of aryl methyl sites for hydroxylation is 2. The van der Waals surface area contributed by atoms with Crippen molar-refractivity contribution in [2.24, 2.45) is 0 Å². The summed E-state index contributed by atoms with van der Waals surface area (Å²) in [4.78, 5) is 24.5. The molecule has 1 aromatic carbocycles. The average Bonchev–Trinajstić information content (AvgIpc) is 2.78. The number of aldehydes is 1. The molecule has 1 saturated heterocycles. The van der Waals surface area contributed by atoms with E-state index in [1.807, 2.05) is 31.7 Å². The molecule has 1 atom stereocenters. The third-order valence-corrected chi connectivity index (χ3v) is 3.93. The van der Waals surface area contributed by atoms with Gasteiger partial charge in [-0.25, -0.2) is 4.79 Å². The third kappa shape index (κ3) is 2.23. The lowest BCUT2D eigenvalue weighted by Crippen LogP contribution is -2.37. The standard InChI is InChI=1S/C15H19NO3/c1-9-7-10(2)14(11(3)12(9)8-17)16-6-4-5-13(16)15(18)19/h7-8,13H,4-6H2,1-3H3,(H,18,19)/t13-/m0/s1. The van der Waals surface area contributed by atoms with E-state index >= 15 is 0 Å². The van der Waals surface area contributed by atoms with E-state index in [-0.39, 0.29) is 0 Å². The van der Waals surface area contributed by atoms with E-state index in [0.29, 0.717) is 12.0 Å². The fraction of sp³-hybridized carbons (Fsp3) is 0.467. The molecule has 0 aliphatic carbocycles. The number of hydrogen-bond donors (Lipinski definition) is 1. The normalized spacial score (nSPS) is 18.7. The Morgan fingerprint density at radius 3 is 2.63 bits per heavy atom. The first-order chi connectivity index (χ1) is 8.97. The van der Waals surface area contributed by atoms with Gasteiger partial charge in [0.15, 0.2) is 6.29 Å². The van der Waals surface area contributed by atoms with Crippen molar-refractivity contribution in [2.75, 3.05) is 11.4 Å². The predicted molar refractivity (Wildman–Crippen MR) is 74.0 cm³/mol. The van der Waals surface area contributed by atoms with Gasteiger partial charge in [-0.2, -0.15) is 0 Å². The summed E-state index contributed by atoms with van der Waals surface area (Å²) in [5.74, 6) is -0.787. The van der Waals surface area contributed by atoms with Gasteiger partial charge in [-0.15, -0.1) is 0 Å². The Morgan fingerprint density at radius 1 is 1.37 bits per heavy atom. The Morgan fingerprint density at radius 2 is 2.05 bits per heavy atom. The molecule has 1 heterocycles. The van der Waals surface area contributed by atoms with Gasteiger partial charge >= 0.3 is 5.97 Å². The fourth-order valence-electron chi connectivity index (χ4n) is 3.10. The van der Waals surface area contributed by atoms with Crippen molar-refractivity contribution in [3.05, 3.63) is 28.3 Å². The van der Waals surface area contributed by atoms with Crippen molar-refractivity contribution in [2.45, 2.75) is 39.7 Å². The molecule has 4 heteroatoms. The zero-order chi connectivity index (χ0) is 14.2. The summed E-state index contributed by atoms with van der Waals surface area (Å²) in [7, 11) is 0. The van der Waals surface area contributed by atoms with Gasteiger partial charge in [0.2, 0.25) is 0 Å². The lowest BCUT2D eigenvalue weighted by Gasteiger charge is -2.28. The molecule has 4 nitrogen and oxygen atoms in total. The van der Waals surface area contributed by atoms with E-state index < -0.39 is 12.0 Å². The van der Waals surface area contributed by atoms with E-state index in [9.17, 15) is 14.7 Å². The lowest BCUT2D eigenvalue weighted by atomic mass is 9.97. The SMILES string of the molecule is Cc1cc(C)c(N2CCC[C@H]2C(=O)O)c(C)c1C=O. The molecule has 19 heavy (non-hydrogen) atoms. The first-order valence-corrected chi connectivity index (χ1v) is 6.52. The number of carbonyl (C=O) groups is 2. The molecule has 1 fully saturated rings. The molecular weight excluding hydrogens is 242 g/mol. The molecule has 0 amide bonds. The first kappa shape index (κ1) is 13.6. The van der Waals surface area contributed by atoms with Crippen LogP contribution in [0.4, 0.5) is 5.69 Å². The Kier molecular flexibility index (Phi) is 3.60. The molecule has 0 radical (unpaired) electrons. The first-order valence-electron chi connectivity index (χ1n) is 6.52. The second-order valence-electron chi connectivity index (χ2n) is 5.21. The van der Waals surface area contributed by atoms with E-state index in [2.05, 4.69) is 0 Å². The van der Waals surface area contributed by atoms with Crippen molar-refractivity contribution < 1.29 is 14.7 Å². The van der Waals surface area contributed by atoms with Crippen LogP contribution in [0.5, 0.6) is 0 Å². The van der Waals surface area contributed by atoms with Gasteiger partial charge in [0.25, 0.3) is 0 Å². The van der Waals surface area contributed by atoms with Crippen LogP contribution in [0.1, 0.15) is 39.9 Å². The molecule has 0 aromatic heterocycles. The summed E-state index contributed by atoms with van der Waals surface area (Å²) < 4.78 is 0. The quantitative estimate of drug-likeness (QED) is 0.849. The summed E-state index contributed by atoms with van der Waals surface area (Å²) in [6.07, 6.45) is 2.40. The van der Waals surface area contributed by atoms with Crippen molar-refractivity contribution >= 4 is 17.9 Å². The largest absolute Gasteiger partial charge is 0.480 e. The maximum atomic E-state index is 11.3. The van der Waals surface area contributed by atoms with Gasteiger partial charge in [0.05, 0.1) is 0 Å². The number of hydrogen-bond acceptors (Lipinski definition) is 3. The number of carbonyl (C=O) groups excluding carboxylic acids is 1. The summed E-state index contributed by atoms with van der Waals surface area (Å²) in [6, 6.07) is 1.49. The second-order valence-corrected chi connectivity index (χ2v) is 5.21. The van der Waals surface area contributed by atoms with Crippen LogP contribution in [0, 0.1) is 20.8 Å². The number of aliphatic carboxylic acids is 1. The predicted octanol–water partition coefficient (Wildman–Crippen LogP) is 2.48. The minimum Gasteiger partial charge on any atom is -0.480 e. The summed E-state index contributed by atoms with van der Waals surface area (Å²) in [5.41, 5.74) is 4.46. The topological polar surface area (TPSA) is 57.6 Å². The van der Waals surface area contributed by atoms with Crippen molar-refractivity contribution in [3.8, 4) is 0 Å². The number of carboxylic acids is 1. The van der Waals surface area contributed by atoms with Crippen LogP contribution in [-0.4, -0.2) is 29.9 Å². The van der Waals surface area contributed by atoms with Gasteiger partial charge in [-0.3, -0.25) is 4.79 Å². The molecule has 0 bridgehead atoms. The van der Waals surface area contributed by atoms with Crippen LogP contribution >= 0.6 is 0 Å². The van der Waals surface area contributed by atoms with E-state index in [0.717, 1.165) is 41.6 Å². The summed E-state index contributed by atoms with van der Waals surface area (Å²) >= 11 is 0. The molecule has 1 aliphatic heterocycles. The zero-order valence-electron chi connectivity index (χ0n) is 11.6. The number of benzene rings is 1. The highest BCUT2D eigenvalue weighted by Crippen LogP contribution is 2.34. The Labute approximate surface area is 113 Å². The van der Waals surface area contributed by atoms with Gasteiger partial charge in [0, 0.05) is 17.8 Å². The van der Waals surface area contributed by atoms with Gasteiger partial charge < -0.3 is 10.0 Å². The number of nitrogens with zero attached hydrogens (tertiary/aromatic N) is 1. The van der Waals surface area contributed by atoms with Crippen LogP contribution in [0.15, 0.2) is 6.07 Å². The van der Waals surface area contributed by atoms with Gasteiger partial charge in [-0.1, -0.05) is 6.07 Å². The molecule has 102 valence electrons. The van der Waals surface area contributed by atoms with Crippen molar-refractivity contribution in [3.63, 3.8) is 0 Å². The molecule has 0 saturated carbocycles. The molecule has 1 aliphatic rings. The van der Waals surface area contributed by atoms with Crippen molar-refractivity contribution in [1.29, 1.82) is 0 Å². The Balaban J connectivity index is 2.56. The third-order valence-electron chi connectivity index (χ3n) is 3.93. The number of anilines is 1. The highest BCUT2D eigenvalue weighted by atomic mass is 16.4. The molecular formula is C15H19NO3. The van der Waals surface area contributed by atoms with Gasteiger partial charge in [0.1, 0.15) is 6.04 Å². The second kappa shape index (κ2) is 5.03. The van der Waals surface area contributed by atoms with Gasteiger partial charge in [-0.05, 0) is 50.3 Å². The Hall–Kier alpha value is -1.84. The Bertz CT molecular complexity index is 537. The van der Waals surface area contributed by atoms with E-state index in [4.69, 9.17) is 0 Å².